The Morgan fingerprint density at radius 1 is 1.20 bits per heavy atom. The third kappa shape index (κ3) is 4.87. The van der Waals surface area contributed by atoms with Crippen LogP contribution in [0.25, 0.3) is 0 Å². The highest BCUT2D eigenvalue weighted by atomic mass is 35.5. The number of rotatable bonds is 4. The van der Waals surface area contributed by atoms with Crippen LogP contribution in [0.2, 0.25) is 5.15 Å². The Labute approximate surface area is 150 Å². The standard InChI is InChI=1S/C17H19ClFN5O/c1-12-20-15(18)10-16(21-12)24-8-6-23(7-9-24)11-17(25)22-14-4-2-13(19)3-5-14/h2-5,10H,6-9,11H2,1H3,(H,22,25). The Bertz CT molecular complexity index is 727. The van der Waals surface area contributed by atoms with Crippen molar-refractivity contribution in [1.82, 2.24) is 14.9 Å². The van der Waals surface area contributed by atoms with Gasteiger partial charge in [0, 0.05) is 37.9 Å². The van der Waals surface area contributed by atoms with Crippen molar-refractivity contribution in [2.24, 2.45) is 0 Å². The molecule has 0 bridgehead atoms. The Hall–Kier alpha value is -2.25. The summed E-state index contributed by atoms with van der Waals surface area (Å²) in [7, 11) is 0. The van der Waals surface area contributed by atoms with Crippen molar-refractivity contribution >= 4 is 29.0 Å². The molecular weight excluding hydrogens is 345 g/mol. The molecule has 2 aromatic rings. The predicted octanol–water partition coefficient (Wildman–Crippen LogP) is 2.34. The van der Waals surface area contributed by atoms with Gasteiger partial charge in [-0.1, -0.05) is 11.6 Å². The molecule has 1 aromatic carbocycles. The van der Waals surface area contributed by atoms with Gasteiger partial charge in [0.05, 0.1) is 6.54 Å². The molecule has 132 valence electrons. The van der Waals surface area contributed by atoms with Gasteiger partial charge < -0.3 is 10.2 Å². The second-order valence-electron chi connectivity index (χ2n) is 5.91. The van der Waals surface area contributed by atoms with E-state index in [1.165, 1.54) is 12.1 Å². The third-order valence-corrected chi connectivity index (χ3v) is 4.18. The van der Waals surface area contributed by atoms with Crippen LogP contribution in [0.15, 0.2) is 30.3 Å². The van der Waals surface area contributed by atoms with Crippen LogP contribution in [0.3, 0.4) is 0 Å². The Kier molecular flexibility index (Phi) is 5.45. The lowest BCUT2D eigenvalue weighted by atomic mass is 10.3. The maximum absolute atomic E-state index is 12.9. The number of aromatic nitrogens is 2. The van der Waals surface area contributed by atoms with E-state index in [4.69, 9.17) is 11.6 Å². The molecule has 0 radical (unpaired) electrons. The van der Waals surface area contributed by atoms with Crippen LogP contribution < -0.4 is 10.2 Å². The van der Waals surface area contributed by atoms with Crippen molar-refractivity contribution in [2.75, 3.05) is 42.9 Å². The van der Waals surface area contributed by atoms with Crippen LogP contribution >= 0.6 is 11.6 Å². The molecule has 1 aliphatic heterocycles. The first-order valence-corrected chi connectivity index (χ1v) is 8.41. The second kappa shape index (κ2) is 7.76. The minimum absolute atomic E-state index is 0.110. The van der Waals surface area contributed by atoms with Gasteiger partial charge in [-0.3, -0.25) is 9.69 Å². The lowest BCUT2D eigenvalue weighted by Gasteiger charge is -2.35. The first-order valence-electron chi connectivity index (χ1n) is 8.03. The van der Waals surface area contributed by atoms with Gasteiger partial charge in [0.1, 0.15) is 22.6 Å². The summed E-state index contributed by atoms with van der Waals surface area (Å²) >= 11 is 5.99. The lowest BCUT2D eigenvalue weighted by Crippen LogP contribution is -2.49. The number of nitrogens with one attached hydrogen (secondary N) is 1. The molecule has 1 aromatic heterocycles. The molecule has 2 heterocycles. The molecule has 0 unspecified atom stereocenters. The molecule has 1 saturated heterocycles. The van der Waals surface area contributed by atoms with Crippen molar-refractivity contribution < 1.29 is 9.18 Å². The molecule has 0 spiro atoms. The van der Waals surface area contributed by atoms with Crippen molar-refractivity contribution in [1.29, 1.82) is 0 Å². The first kappa shape index (κ1) is 17.6. The predicted molar refractivity (Wildman–Crippen MR) is 95.5 cm³/mol. The number of nitrogens with zero attached hydrogens (tertiary/aromatic N) is 4. The fraction of sp³-hybridized carbons (Fsp3) is 0.353. The highest BCUT2D eigenvalue weighted by Crippen LogP contribution is 2.17. The summed E-state index contributed by atoms with van der Waals surface area (Å²) < 4.78 is 12.9. The number of hydrogen-bond donors (Lipinski definition) is 1. The largest absolute Gasteiger partial charge is 0.354 e. The van der Waals surface area contributed by atoms with Gasteiger partial charge >= 0.3 is 0 Å². The second-order valence-corrected chi connectivity index (χ2v) is 6.30. The number of amides is 1. The Morgan fingerprint density at radius 3 is 2.52 bits per heavy atom. The van der Waals surface area contributed by atoms with Crippen molar-refractivity contribution in [3.63, 3.8) is 0 Å². The van der Waals surface area contributed by atoms with Gasteiger partial charge in [-0.2, -0.15) is 0 Å². The quantitative estimate of drug-likeness (QED) is 0.845. The molecule has 8 heteroatoms. The van der Waals surface area contributed by atoms with Gasteiger partial charge in [-0.15, -0.1) is 0 Å². The van der Waals surface area contributed by atoms with Crippen LogP contribution in [0.4, 0.5) is 15.9 Å². The molecule has 0 atom stereocenters. The molecular formula is C17H19ClFN5O. The molecule has 6 nitrogen and oxygen atoms in total. The summed E-state index contributed by atoms with van der Waals surface area (Å²) in [6, 6.07) is 7.50. The average molecular weight is 364 g/mol. The molecule has 25 heavy (non-hydrogen) atoms. The van der Waals surface area contributed by atoms with Crippen LogP contribution in [0.5, 0.6) is 0 Å². The van der Waals surface area contributed by atoms with Crippen LogP contribution in [0, 0.1) is 12.7 Å². The number of aryl methyl sites for hydroxylation is 1. The molecule has 1 aliphatic rings. The van der Waals surface area contributed by atoms with Gasteiger partial charge in [0.25, 0.3) is 0 Å². The van der Waals surface area contributed by atoms with E-state index in [9.17, 15) is 9.18 Å². The maximum atomic E-state index is 12.9. The summed E-state index contributed by atoms with van der Waals surface area (Å²) in [5, 5.41) is 3.21. The van der Waals surface area contributed by atoms with E-state index in [1.807, 2.05) is 6.92 Å². The van der Waals surface area contributed by atoms with Gasteiger partial charge in [-0.05, 0) is 31.2 Å². The van der Waals surface area contributed by atoms with E-state index in [0.717, 1.165) is 32.0 Å². The van der Waals surface area contributed by atoms with E-state index in [-0.39, 0.29) is 11.7 Å². The molecule has 3 rings (SSSR count). The number of carbonyl (C=O) groups excluding carboxylic acids is 1. The lowest BCUT2D eigenvalue weighted by molar-refractivity contribution is -0.117. The number of piperazine rings is 1. The van der Waals surface area contributed by atoms with Gasteiger partial charge in [0.15, 0.2) is 0 Å². The van der Waals surface area contributed by atoms with E-state index in [0.29, 0.717) is 23.2 Å². The molecule has 0 saturated carbocycles. The zero-order valence-corrected chi connectivity index (χ0v) is 14.6. The minimum atomic E-state index is -0.325. The zero-order chi connectivity index (χ0) is 17.8. The minimum Gasteiger partial charge on any atom is -0.354 e. The highest BCUT2D eigenvalue weighted by molar-refractivity contribution is 6.29. The van der Waals surface area contributed by atoms with E-state index in [1.54, 1.807) is 18.2 Å². The zero-order valence-electron chi connectivity index (χ0n) is 13.9. The van der Waals surface area contributed by atoms with E-state index >= 15 is 0 Å². The molecule has 0 aliphatic carbocycles. The number of carbonyl (C=O) groups is 1. The SMILES string of the molecule is Cc1nc(Cl)cc(N2CCN(CC(=O)Nc3ccc(F)cc3)CC2)n1. The number of benzene rings is 1. The summed E-state index contributed by atoms with van der Waals surface area (Å²) in [6.45, 7) is 5.13. The monoisotopic (exact) mass is 363 g/mol. The number of hydrogen-bond acceptors (Lipinski definition) is 5. The van der Waals surface area contributed by atoms with Crippen molar-refractivity contribution in [3.8, 4) is 0 Å². The summed E-state index contributed by atoms with van der Waals surface area (Å²) in [4.78, 5) is 24.8. The van der Waals surface area contributed by atoms with Gasteiger partial charge in [-0.25, -0.2) is 14.4 Å². The van der Waals surface area contributed by atoms with E-state index < -0.39 is 0 Å². The molecule has 1 N–H and O–H groups in total. The molecule has 1 amide bonds. The smallest absolute Gasteiger partial charge is 0.238 e. The van der Waals surface area contributed by atoms with Crippen LogP contribution in [0.1, 0.15) is 5.82 Å². The van der Waals surface area contributed by atoms with Crippen molar-refractivity contribution in [3.05, 3.63) is 47.1 Å². The number of halogens is 2. The third-order valence-electron chi connectivity index (χ3n) is 3.98. The Morgan fingerprint density at radius 2 is 1.88 bits per heavy atom. The summed E-state index contributed by atoms with van der Waals surface area (Å²) in [6.07, 6.45) is 0. The molecule has 1 fully saturated rings. The normalized spacial score (nSPS) is 15.2. The number of anilines is 2. The van der Waals surface area contributed by atoms with Crippen molar-refractivity contribution in [2.45, 2.75) is 6.92 Å². The fourth-order valence-electron chi connectivity index (χ4n) is 2.75. The fourth-order valence-corrected chi connectivity index (χ4v) is 2.97. The van der Waals surface area contributed by atoms with E-state index in [2.05, 4.69) is 25.1 Å². The highest BCUT2D eigenvalue weighted by Gasteiger charge is 2.20. The average Bonchev–Trinajstić information content (AvgIpc) is 2.57. The maximum Gasteiger partial charge on any atom is 0.238 e. The Balaban J connectivity index is 1.50. The topological polar surface area (TPSA) is 61.4 Å². The summed E-state index contributed by atoms with van der Waals surface area (Å²) in [5.74, 6) is 1.02. The first-order chi connectivity index (χ1) is 12.0. The van der Waals surface area contributed by atoms with Crippen LogP contribution in [-0.2, 0) is 4.79 Å². The summed E-state index contributed by atoms with van der Waals surface area (Å²) in [5.41, 5.74) is 0.594. The van der Waals surface area contributed by atoms with Gasteiger partial charge in [0.2, 0.25) is 5.91 Å². The van der Waals surface area contributed by atoms with Crippen LogP contribution in [-0.4, -0.2) is 53.5 Å².